The van der Waals surface area contributed by atoms with E-state index < -0.39 is 6.10 Å². The Kier molecular flexibility index (Phi) is 4.96. The van der Waals surface area contributed by atoms with Gasteiger partial charge in [-0.05, 0) is 85.7 Å². The van der Waals surface area contributed by atoms with E-state index in [4.69, 9.17) is 0 Å². The fourth-order valence-electron chi connectivity index (χ4n) is 2.82. The Balaban J connectivity index is 2.66. The third kappa shape index (κ3) is 2.96. The highest BCUT2D eigenvalue weighted by atomic mass is 79.9. The van der Waals surface area contributed by atoms with Crippen LogP contribution in [0.1, 0.15) is 45.0 Å². The maximum Gasteiger partial charge on any atom is 0.106 e. The van der Waals surface area contributed by atoms with Crippen LogP contribution < -0.4 is 0 Å². The number of rotatable bonds is 2. The zero-order valence-electron chi connectivity index (χ0n) is 13.0. The summed E-state index contributed by atoms with van der Waals surface area (Å²) < 4.78 is 1.91. The van der Waals surface area contributed by atoms with Gasteiger partial charge in [0.25, 0.3) is 0 Å². The van der Waals surface area contributed by atoms with Crippen molar-refractivity contribution < 1.29 is 5.11 Å². The predicted molar refractivity (Wildman–Crippen MR) is 96.0 cm³/mol. The summed E-state index contributed by atoms with van der Waals surface area (Å²) in [6.07, 6.45) is -0.620. The zero-order valence-corrected chi connectivity index (χ0v) is 16.2. The van der Waals surface area contributed by atoms with Crippen LogP contribution in [0.4, 0.5) is 0 Å². The minimum Gasteiger partial charge on any atom is -0.384 e. The molecule has 112 valence electrons. The Morgan fingerprint density at radius 1 is 0.810 bits per heavy atom. The van der Waals surface area contributed by atoms with Crippen LogP contribution in [0, 0.1) is 34.6 Å². The number of benzene rings is 2. The molecule has 0 spiro atoms. The summed E-state index contributed by atoms with van der Waals surface area (Å²) in [5, 5.41) is 10.9. The molecular formula is C18H20Br2O. The van der Waals surface area contributed by atoms with E-state index in [0.29, 0.717) is 0 Å². The molecule has 0 aliphatic carbocycles. The first-order valence-electron chi connectivity index (χ1n) is 6.95. The van der Waals surface area contributed by atoms with Crippen molar-refractivity contribution in [2.45, 2.75) is 40.7 Å². The van der Waals surface area contributed by atoms with Crippen molar-refractivity contribution in [2.24, 2.45) is 0 Å². The molecule has 0 saturated heterocycles. The standard InChI is InChI=1S/C18H20Br2O/c1-9-10(2)12(4)17(13(5)11(9)3)18(21)15-7-6-14(19)8-16(15)20/h6-8,18,21H,1-5H3. The Morgan fingerprint density at radius 3 is 1.76 bits per heavy atom. The monoisotopic (exact) mass is 410 g/mol. The summed E-state index contributed by atoms with van der Waals surface area (Å²) >= 11 is 7.01. The molecule has 0 fully saturated rings. The van der Waals surface area contributed by atoms with Gasteiger partial charge in [-0.3, -0.25) is 0 Å². The SMILES string of the molecule is Cc1c(C)c(C)c(C(O)c2ccc(Br)cc2Br)c(C)c1C. The molecule has 1 nitrogen and oxygen atoms in total. The Hall–Kier alpha value is -0.640. The van der Waals surface area contributed by atoms with Crippen LogP contribution in [-0.4, -0.2) is 5.11 Å². The second-order valence-electron chi connectivity index (χ2n) is 5.61. The molecule has 1 unspecified atom stereocenters. The first-order valence-corrected chi connectivity index (χ1v) is 8.54. The third-order valence-corrected chi connectivity index (χ3v) is 5.77. The van der Waals surface area contributed by atoms with Crippen LogP contribution in [-0.2, 0) is 0 Å². The first-order chi connectivity index (χ1) is 9.75. The van der Waals surface area contributed by atoms with E-state index in [2.05, 4.69) is 66.5 Å². The molecule has 2 aromatic carbocycles. The van der Waals surface area contributed by atoms with E-state index in [9.17, 15) is 5.11 Å². The molecule has 0 heterocycles. The van der Waals surface area contributed by atoms with E-state index in [1.807, 2.05) is 18.2 Å². The number of aliphatic hydroxyl groups is 1. The minimum absolute atomic E-state index is 0.620. The number of halogens is 2. The van der Waals surface area contributed by atoms with Gasteiger partial charge in [0.05, 0.1) is 0 Å². The predicted octanol–water partition coefficient (Wildman–Crippen LogP) is 5.84. The van der Waals surface area contributed by atoms with Gasteiger partial charge in [-0.2, -0.15) is 0 Å². The Bertz CT molecular complexity index is 676. The molecule has 1 atom stereocenters. The largest absolute Gasteiger partial charge is 0.384 e. The van der Waals surface area contributed by atoms with Gasteiger partial charge >= 0.3 is 0 Å². The van der Waals surface area contributed by atoms with Gasteiger partial charge in [-0.1, -0.05) is 37.9 Å². The van der Waals surface area contributed by atoms with E-state index in [1.54, 1.807) is 0 Å². The first kappa shape index (κ1) is 16.7. The summed E-state index contributed by atoms with van der Waals surface area (Å²) in [5.74, 6) is 0. The maximum absolute atomic E-state index is 10.9. The van der Waals surface area contributed by atoms with Crippen molar-refractivity contribution in [2.75, 3.05) is 0 Å². The van der Waals surface area contributed by atoms with Gasteiger partial charge in [-0.15, -0.1) is 0 Å². The van der Waals surface area contributed by atoms with Gasteiger partial charge in [0.2, 0.25) is 0 Å². The quantitative estimate of drug-likeness (QED) is 0.658. The molecule has 0 radical (unpaired) electrons. The summed E-state index contributed by atoms with van der Waals surface area (Å²) in [4.78, 5) is 0. The van der Waals surface area contributed by atoms with Crippen LogP contribution >= 0.6 is 31.9 Å². The fourth-order valence-corrected chi connectivity index (χ4v) is 4.08. The second-order valence-corrected chi connectivity index (χ2v) is 7.38. The van der Waals surface area contributed by atoms with E-state index in [1.165, 1.54) is 27.8 Å². The molecule has 2 rings (SSSR count). The van der Waals surface area contributed by atoms with Crippen molar-refractivity contribution in [1.82, 2.24) is 0 Å². The molecule has 2 aromatic rings. The molecule has 0 saturated carbocycles. The molecule has 21 heavy (non-hydrogen) atoms. The molecule has 0 aliphatic rings. The highest BCUT2D eigenvalue weighted by molar-refractivity contribution is 9.11. The normalized spacial score (nSPS) is 12.6. The van der Waals surface area contributed by atoms with Gasteiger partial charge in [0.15, 0.2) is 0 Å². The van der Waals surface area contributed by atoms with Crippen molar-refractivity contribution in [3.05, 3.63) is 66.1 Å². The van der Waals surface area contributed by atoms with Gasteiger partial charge < -0.3 is 5.11 Å². The number of hydrogen-bond donors (Lipinski definition) is 1. The Labute approximate surface area is 143 Å². The average molecular weight is 412 g/mol. The lowest BCUT2D eigenvalue weighted by Crippen LogP contribution is -2.09. The molecule has 0 amide bonds. The Morgan fingerprint density at radius 2 is 1.29 bits per heavy atom. The van der Waals surface area contributed by atoms with Crippen LogP contribution in [0.3, 0.4) is 0 Å². The second kappa shape index (κ2) is 6.23. The smallest absolute Gasteiger partial charge is 0.106 e. The summed E-state index contributed by atoms with van der Waals surface area (Å²) in [7, 11) is 0. The topological polar surface area (TPSA) is 20.2 Å². The third-order valence-electron chi connectivity index (χ3n) is 4.59. The van der Waals surface area contributed by atoms with E-state index in [0.717, 1.165) is 20.1 Å². The van der Waals surface area contributed by atoms with Crippen molar-refractivity contribution >= 4 is 31.9 Å². The highest BCUT2D eigenvalue weighted by Crippen LogP contribution is 2.36. The molecule has 0 bridgehead atoms. The van der Waals surface area contributed by atoms with E-state index in [-0.39, 0.29) is 0 Å². The lowest BCUT2D eigenvalue weighted by atomic mass is 9.85. The van der Waals surface area contributed by atoms with Crippen LogP contribution in [0.25, 0.3) is 0 Å². The van der Waals surface area contributed by atoms with Gasteiger partial charge in [0.1, 0.15) is 6.10 Å². The highest BCUT2D eigenvalue weighted by Gasteiger charge is 2.21. The van der Waals surface area contributed by atoms with Crippen LogP contribution in [0.2, 0.25) is 0 Å². The molecule has 3 heteroatoms. The molecule has 0 aliphatic heterocycles. The lowest BCUT2D eigenvalue weighted by molar-refractivity contribution is 0.218. The van der Waals surface area contributed by atoms with Crippen LogP contribution in [0.5, 0.6) is 0 Å². The number of hydrogen-bond acceptors (Lipinski definition) is 1. The number of aliphatic hydroxyl groups excluding tert-OH is 1. The minimum atomic E-state index is -0.620. The van der Waals surface area contributed by atoms with Gasteiger partial charge in [0, 0.05) is 8.95 Å². The van der Waals surface area contributed by atoms with Gasteiger partial charge in [-0.25, -0.2) is 0 Å². The summed E-state index contributed by atoms with van der Waals surface area (Å²) in [6, 6.07) is 5.89. The fraction of sp³-hybridized carbons (Fsp3) is 0.333. The maximum atomic E-state index is 10.9. The summed E-state index contributed by atoms with van der Waals surface area (Å²) in [5.41, 5.74) is 8.12. The molecular weight excluding hydrogens is 392 g/mol. The van der Waals surface area contributed by atoms with Crippen LogP contribution in [0.15, 0.2) is 27.1 Å². The lowest BCUT2D eigenvalue weighted by Gasteiger charge is -2.23. The van der Waals surface area contributed by atoms with Crippen molar-refractivity contribution in [1.29, 1.82) is 0 Å². The molecule has 1 N–H and O–H groups in total. The van der Waals surface area contributed by atoms with Crippen molar-refractivity contribution in [3.63, 3.8) is 0 Å². The van der Waals surface area contributed by atoms with E-state index >= 15 is 0 Å². The zero-order chi connectivity index (χ0) is 15.9. The summed E-state index contributed by atoms with van der Waals surface area (Å²) in [6.45, 7) is 10.6. The van der Waals surface area contributed by atoms with Crippen molar-refractivity contribution in [3.8, 4) is 0 Å². The molecule has 0 aromatic heterocycles. The average Bonchev–Trinajstić information content (AvgIpc) is 2.43.